The predicted octanol–water partition coefficient (Wildman–Crippen LogP) is 2.80. The van der Waals surface area contributed by atoms with E-state index in [1.165, 1.54) is 19.1 Å². The van der Waals surface area contributed by atoms with E-state index in [4.69, 9.17) is 5.11 Å². The van der Waals surface area contributed by atoms with Crippen molar-refractivity contribution in [3.63, 3.8) is 0 Å². The highest BCUT2D eigenvalue weighted by Gasteiger charge is 2.41. The summed E-state index contributed by atoms with van der Waals surface area (Å²) in [6, 6.07) is 5.98. The second-order valence-electron chi connectivity index (χ2n) is 5.58. The van der Waals surface area contributed by atoms with Crippen LogP contribution in [0.5, 0.6) is 5.75 Å². The number of carbonyl (C=O) groups is 1. The second kappa shape index (κ2) is 7.08. The average molecular weight is 405 g/mol. The Hall–Kier alpha value is -2.79. The minimum Gasteiger partial charge on any atom is -0.507 e. The second-order valence-corrected chi connectivity index (χ2v) is 7.23. The maximum atomic E-state index is 12.8. The standard InChI is InChI=1S/C16H14F3NO6S/c1-8-6-12(21)10(15(23)24)7-13(8)27(25,26)20-11-5-3-2-4-9(11)14(22)16(17,18)19/h2-7,14,20-22H,1H3,(H,23,24). The maximum Gasteiger partial charge on any atom is 0.418 e. The minimum absolute atomic E-state index is 0.0288. The Kier molecular flexibility index (Phi) is 5.38. The van der Waals surface area contributed by atoms with E-state index in [-0.39, 0.29) is 5.56 Å². The first kappa shape index (κ1) is 20.5. The molecule has 1 unspecified atom stereocenters. The molecule has 2 rings (SSSR count). The Morgan fingerprint density at radius 2 is 1.78 bits per heavy atom. The zero-order valence-corrected chi connectivity index (χ0v) is 14.5. The molecule has 0 saturated carbocycles. The third-order valence-electron chi connectivity index (χ3n) is 3.62. The number of aromatic carboxylic acids is 1. The Morgan fingerprint density at radius 1 is 1.19 bits per heavy atom. The molecular formula is C16H14F3NO6S. The van der Waals surface area contributed by atoms with E-state index in [0.29, 0.717) is 6.07 Å². The molecule has 7 nitrogen and oxygen atoms in total. The predicted molar refractivity (Wildman–Crippen MR) is 88.1 cm³/mol. The van der Waals surface area contributed by atoms with Gasteiger partial charge in [-0.3, -0.25) is 4.72 Å². The number of para-hydroxylation sites is 1. The number of halogens is 3. The van der Waals surface area contributed by atoms with Crippen molar-refractivity contribution < 1.29 is 41.7 Å². The topological polar surface area (TPSA) is 124 Å². The van der Waals surface area contributed by atoms with Crippen molar-refractivity contribution >= 4 is 21.7 Å². The van der Waals surface area contributed by atoms with Crippen LogP contribution in [0.1, 0.15) is 27.6 Å². The Balaban J connectivity index is 2.53. The number of hydrogen-bond donors (Lipinski definition) is 4. The van der Waals surface area contributed by atoms with Crippen LogP contribution < -0.4 is 4.72 Å². The summed E-state index contributed by atoms with van der Waals surface area (Å²) in [4.78, 5) is 10.5. The zero-order chi connectivity index (χ0) is 20.6. The van der Waals surface area contributed by atoms with Gasteiger partial charge in [-0.05, 0) is 30.7 Å². The molecule has 0 amide bonds. The first-order valence-electron chi connectivity index (χ1n) is 7.28. The number of alkyl halides is 3. The van der Waals surface area contributed by atoms with E-state index in [9.17, 15) is 36.6 Å². The number of aromatic hydroxyl groups is 1. The van der Waals surface area contributed by atoms with Crippen LogP contribution in [0.25, 0.3) is 0 Å². The fourth-order valence-electron chi connectivity index (χ4n) is 2.34. The molecule has 2 aromatic carbocycles. The molecule has 4 N–H and O–H groups in total. The van der Waals surface area contributed by atoms with Crippen molar-refractivity contribution in [1.29, 1.82) is 0 Å². The van der Waals surface area contributed by atoms with Crippen molar-refractivity contribution in [1.82, 2.24) is 0 Å². The van der Waals surface area contributed by atoms with Crippen LogP contribution in [0.15, 0.2) is 41.3 Å². The van der Waals surface area contributed by atoms with Gasteiger partial charge in [0, 0.05) is 5.56 Å². The van der Waals surface area contributed by atoms with Gasteiger partial charge in [-0.1, -0.05) is 18.2 Å². The molecule has 0 heterocycles. The fourth-order valence-corrected chi connectivity index (χ4v) is 3.68. The highest BCUT2D eigenvalue weighted by Crippen LogP contribution is 2.37. The summed E-state index contributed by atoms with van der Waals surface area (Å²) in [6.07, 6.45) is -7.95. The summed E-state index contributed by atoms with van der Waals surface area (Å²) in [5.41, 5.74) is -1.96. The Morgan fingerprint density at radius 3 is 2.33 bits per heavy atom. The molecule has 0 aliphatic rings. The van der Waals surface area contributed by atoms with Crippen LogP contribution in [0, 0.1) is 6.92 Å². The number of carboxylic acids is 1. The van der Waals surface area contributed by atoms with E-state index in [1.54, 1.807) is 0 Å². The number of nitrogens with one attached hydrogen (secondary N) is 1. The largest absolute Gasteiger partial charge is 0.507 e. The van der Waals surface area contributed by atoms with Crippen LogP contribution in [-0.2, 0) is 10.0 Å². The lowest BCUT2D eigenvalue weighted by atomic mass is 10.1. The molecule has 2 aromatic rings. The molecule has 27 heavy (non-hydrogen) atoms. The Labute approximate surface area is 151 Å². The molecule has 0 aromatic heterocycles. The molecule has 0 aliphatic carbocycles. The molecule has 146 valence electrons. The van der Waals surface area contributed by atoms with Gasteiger partial charge in [-0.15, -0.1) is 0 Å². The van der Waals surface area contributed by atoms with Gasteiger partial charge in [0.15, 0.2) is 6.10 Å². The summed E-state index contributed by atoms with van der Waals surface area (Å²) in [6.45, 7) is 1.27. The van der Waals surface area contributed by atoms with Crippen LogP contribution >= 0.6 is 0 Å². The molecule has 0 bridgehead atoms. The lowest BCUT2D eigenvalue weighted by Gasteiger charge is -2.19. The number of carboxylic acid groups (broad SMARTS) is 1. The highest BCUT2D eigenvalue weighted by atomic mass is 32.2. The first-order chi connectivity index (χ1) is 12.3. The Bertz CT molecular complexity index is 988. The van der Waals surface area contributed by atoms with Gasteiger partial charge in [-0.2, -0.15) is 13.2 Å². The van der Waals surface area contributed by atoms with E-state index in [1.807, 2.05) is 4.72 Å². The molecule has 11 heteroatoms. The van der Waals surface area contributed by atoms with Gasteiger partial charge < -0.3 is 15.3 Å². The van der Waals surface area contributed by atoms with Crippen LogP contribution in [0.4, 0.5) is 18.9 Å². The fraction of sp³-hybridized carbons (Fsp3) is 0.188. The van der Waals surface area contributed by atoms with Crippen molar-refractivity contribution in [2.75, 3.05) is 4.72 Å². The van der Waals surface area contributed by atoms with Gasteiger partial charge >= 0.3 is 12.1 Å². The van der Waals surface area contributed by atoms with E-state index < -0.39 is 55.7 Å². The number of benzene rings is 2. The molecule has 0 saturated heterocycles. The van der Waals surface area contributed by atoms with Crippen molar-refractivity contribution in [3.05, 3.63) is 53.1 Å². The molecule has 0 spiro atoms. The number of hydrogen-bond acceptors (Lipinski definition) is 5. The average Bonchev–Trinajstić information content (AvgIpc) is 2.52. The summed E-state index contributed by atoms with van der Waals surface area (Å²) in [7, 11) is -4.52. The number of aryl methyl sites for hydroxylation is 1. The summed E-state index contributed by atoms with van der Waals surface area (Å²) >= 11 is 0. The molecule has 0 aliphatic heterocycles. The highest BCUT2D eigenvalue weighted by molar-refractivity contribution is 7.92. The zero-order valence-electron chi connectivity index (χ0n) is 13.6. The number of aliphatic hydroxyl groups is 1. The SMILES string of the molecule is Cc1cc(O)c(C(=O)O)cc1S(=O)(=O)Nc1ccccc1C(O)C(F)(F)F. The summed E-state index contributed by atoms with van der Waals surface area (Å²) in [5.74, 6) is -2.25. The monoisotopic (exact) mass is 405 g/mol. The molecular weight excluding hydrogens is 391 g/mol. The molecule has 1 atom stereocenters. The molecule has 0 fully saturated rings. The quantitative estimate of drug-likeness (QED) is 0.607. The van der Waals surface area contributed by atoms with Gasteiger partial charge in [0.2, 0.25) is 0 Å². The van der Waals surface area contributed by atoms with Gasteiger partial charge in [-0.25, -0.2) is 13.2 Å². The van der Waals surface area contributed by atoms with E-state index >= 15 is 0 Å². The number of phenols is 1. The number of rotatable bonds is 5. The van der Waals surface area contributed by atoms with Crippen molar-refractivity contribution in [3.8, 4) is 5.75 Å². The van der Waals surface area contributed by atoms with Crippen molar-refractivity contribution in [2.45, 2.75) is 24.1 Å². The smallest absolute Gasteiger partial charge is 0.418 e. The maximum absolute atomic E-state index is 12.8. The van der Waals surface area contributed by atoms with Gasteiger partial charge in [0.05, 0.1) is 10.6 Å². The van der Waals surface area contributed by atoms with Crippen LogP contribution in [0.3, 0.4) is 0 Å². The van der Waals surface area contributed by atoms with Crippen LogP contribution in [0.2, 0.25) is 0 Å². The van der Waals surface area contributed by atoms with E-state index in [2.05, 4.69) is 0 Å². The molecule has 0 radical (unpaired) electrons. The minimum atomic E-state index is -5.02. The normalized spacial score (nSPS) is 13.2. The lowest BCUT2D eigenvalue weighted by molar-refractivity contribution is -0.206. The van der Waals surface area contributed by atoms with E-state index in [0.717, 1.165) is 18.2 Å². The number of sulfonamides is 1. The van der Waals surface area contributed by atoms with Crippen molar-refractivity contribution in [2.24, 2.45) is 0 Å². The van der Waals surface area contributed by atoms with Gasteiger partial charge in [0.25, 0.3) is 10.0 Å². The summed E-state index contributed by atoms with van der Waals surface area (Å²) in [5, 5.41) is 28.0. The lowest BCUT2D eigenvalue weighted by Crippen LogP contribution is -2.23. The number of anilines is 1. The third kappa shape index (κ3) is 4.31. The van der Waals surface area contributed by atoms with Gasteiger partial charge in [0.1, 0.15) is 11.3 Å². The van der Waals surface area contributed by atoms with Crippen LogP contribution in [-0.4, -0.2) is 35.9 Å². The third-order valence-corrected chi connectivity index (χ3v) is 5.13. The first-order valence-corrected chi connectivity index (χ1v) is 8.76. The number of aliphatic hydroxyl groups excluding tert-OH is 1. The summed E-state index contributed by atoms with van der Waals surface area (Å²) < 4.78 is 65.5.